The molecule has 0 aliphatic rings. The number of benzene rings is 2. The highest BCUT2D eigenvalue weighted by Gasteiger charge is 2.10. The number of hydrogen-bond donors (Lipinski definition) is 0. The second-order valence-electron chi connectivity index (χ2n) is 5.50. The van der Waals surface area contributed by atoms with Crippen molar-refractivity contribution in [3.63, 3.8) is 0 Å². The highest BCUT2D eigenvalue weighted by atomic mass is 28.3. The van der Waals surface area contributed by atoms with Crippen molar-refractivity contribution < 1.29 is 0 Å². The number of rotatable bonds is 3. The zero-order valence-electron chi connectivity index (χ0n) is 11.7. The monoisotopic (exact) mass is 265 g/mol. The van der Waals surface area contributed by atoms with Crippen LogP contribution < -0.4 is 0 Å². The smallest absolute Gasteiger partial charge is 0.184 e. The van der Waals surface area contributed by atoms with Gasteiger partial charge >= 0.3 is 0 Å². The first kappa shape index (κ1) is 13.5. The predicted molar refractivity (Wildman–Crippen MR) is 86.2 cm³/mol. The number of nitrogens with zero attached hydrogens (tertiary/aromatic N) is 1. The molecule has 96 valence electrons. The SMILES string of the molecule is C[Si](C)(C)N=C=C(c1ccccc1)c1ccccc1. The third-order valence-corrected chi connectivity index (χ3v) is 3.41. The van der Waals surface area contributed by atoms with Crippen LogP contribution in [0.5, 0.6) is 0 Å². The molecule has 0 atom stereocenters. The largest absolute Gasteiger partial charge is 0.283 e. The Hall–Kier alpha value is -1.89. The fraction of sp³-hybridized carbons (Fsp3) is 0.176. The average Bonchev–Trinajstić information content (AvgIpc) is 2.40. The van der Waals surface area contributed by atoms with Crippen LogP contribution in [0, 0.1) is 0 Å². The van der Waals surface area contributed by atoms with E-state index in [0.717, 1.165) is 16.7 Å². The van der Waals surface area contributed by atoms with Gasteiger partial charge in [0.25, 0.3) is 0 Å². The fourth-order valence-corrected chi connectivity index (χ4v) is 2.18. The molecule has 0 heterocycles. The molecule has 2 aromatic carbocycles. The first-order valence-electron chi connectivity index (χ1n) is 6.52. The molecule has 0 unspecified atom stereocenters. The maximum atomic E-state index is 4.66. The lowest BCUT2D eigenvalue weighted by Crippen LogP contribution is -2.15. The molecule has 2 heteroatoms. The van der Waals surface area contributed by atoms with Crippen LogP contribution in [0.3, 0.4) is 0 Å². The summed E-state index contributed by atoms with van der Waals surface area (Å²) in [6.45, 7) is 6.65. The molecule has 2 aromatic rings. The van der Waals surface area contributed by atoms with Crippen LogP contribution in [0.4, 0.5) is 0 Å². The van der Waals surface area contributed by atoms with E-state index >= 15 is 0 Å². The van der Waals surface area contributed by atoms with Crippen LogP contribution in [0.1, 0.15) is 11.1 Å². The molecule has 0 bridgehead atoms. The normalized spacial score (nSPS) is 10.7. The van der Waals surface area contributed by atoms with Crippen molar-refractivity contribution in [2.45, 2.75) is 19.6 Å². The van der Waals surface area contributed by atoms with Gasteiger partial charge in [-0.15, -0.1) is 0 Å². The molecular weight excluding hydrogens is 246 g/mol. The summed E-state index contributed by atoms with van der Waals surface area (Å²) < 4.78 is 4.66. The van der Waals surface area contributed by atoms with Crippen molar-refractivity contribution >= 4 is 19.7 Å². The van der Waals surface area contributed by atoms with Gasteiger partial charge in [0.15, 0.2) is 8.24 Å². The van der Waals surface area contributed by atoms with E-state index in [4.69, 9.17) is 0 Å². The number of hydrogen-bond acceptors (Lipinski definition) is 1. The second kappa shape index (κ2) is 5.83. The zero-order chi connectivity index (χ0) is 13.7. The van der Waals surface area contributed by atoms with E-state index in [0.29, 0.717) is 0 Å². The summed E-state index contributed by atoms with van der Waals surface area (Å²) in [5.41, 5.74) is 3.40. The lowest BCUT2D eigenvalue weighted by Gasteiger charge is -2.08. The summed E-state index contributed by atoms with van der Waals surface area (Å²) in [6, 6.07) is 20.7. The maximum Gasteiger partial charge on any atom is 0.184 e. The van der Waals surface area contributed by atoms with Crippen molar-refractivity contribution in [1.29, 1.82) is 0 Å². The van der Waals surface area contributed by atoms with Crippen molar-refractivity contribution in [3.8, 4) is 0 Å². The summed E-state index contributed by atoms with van der Waals surface area (Å²) in [7, 11) is -1.49. The molecule has 2 rings (SSSR count). The minimum absolute atomic E-state index is 1.07. The fourth-order valence-electron chi connectivity index (χ4n) is 1.73. The van der Waals surface area contributed by atoms with Crippen molar-refractivity contribution in [2.24, 2.45) is 4.66 Å². The van der Waals surface area contributed by atoms with E-state index in [1.807, 2.05) is 12.1 Å². The average molecular weight is 265 g/mol. The Kier molecular flexibility index (Phi) is 4.15. The molecule has 0 spiro atoms. The van der Waals surface area contributed by atoms with Crippen LogP contribution >= 0.6 is 0 Å². The van der Waals surface area contributed by atoms with Crippen LogP contribution in [-0.4, -0.2) is 14.1 Å². The lowest BCUT2D eigenvalue weighted by atomic mass is 10.00. The Morgan fingerprint density at radius 2 is 1.21 bits per heavy atom. The summed E-state index contributed by atoms with van der Waals surface area (Å²) in [5, 5.41) is 0. The minimum Gasteiger partial charge on any atom is -0.283 e. The van der Waals surface area contributed by atoms with E-state index in [1.54, 1.807) is 0 Å². The van der Waals surface area contributed by atoms with E-state index in [-0.39, 0.29) is 0 Å². The second-order valence-corrected chi connectivity index (χ2v) is 10.1. The lowest BCUT2D eigenvalue weighted by molar-refractivity contribution is 1.55. The molecule has 0 aliphatic heterocycles. The first-order chi connectivity index (χ1) is 9.06. The van der Waals surface area contributed by atoms with E-state index in [9.17, 15) is 0 Å². The Morgan fingerprint density at radius 1 is 0.789 bits per heavy atom. The van der Waals surface area contributed by atoms with Crippen LogP contribution in [0.2, 0.25) is 19.6 Å². The summed E-state index contributed by atoms with van der Waals surface area (Å²) in [5.74, 6) is 3.30. The van der Waals surface area contributed by atoms with Gasteiger partial charge < -0.3 is 0 Å². The highest BCUT2D eigenvalue weighted by Crippen LogP contribution is 2.20. The third-order valence-electron chi connectivity index (χ3n) is 2.63. The van der Waals surface area contributed by atoms with E-state index in [1.165, 1.54) is 0 Å². The maximum absolute atomic E-state index is 4.66. The quantitative estimate of drug-likeness (QED) is 0.567. The molecule has 0 saturated heterocycles. The van der Waals surface area contributed by atoms with Gasteiger partial charge in [-0.25, -0.2) is 0 Å². The third kappa shape index (κ3) is 4.06. The van der Waals surface area contributed by atoms with Crippen molar-refractivity contribution in [2.75, 3.05) is 0 Å². The van der Waals surface area contributed by atoms with Crippen molar-refractivity contribution in [3.05, 3.63) is 71.8 Å². The van der Waals surface area contributed by atoms with Gasteiger partial charge in [0.05, 0.1) is 0 Å². The van der Waals surface area contributed by atoms with Gasteiger partial charge in [-0.3, -0.25) is 4.66 Å². The molecule has 19 heavy (non-hydrogen) atoms. The molecular formula is C17H19NSi. The Morgan fingerprint density at radius 3 is 1.58 bits per heavy atom. The molecule has 0 radical (unpaired) electrons. The van der Waals surface area contributed by atoms with Gasteiger partial charge in [0.1, 0.15) is 0 Å². The topological polar surface area (TPSA) is 12.4 Å². The highest BCUT2D eigenvalue weighted by molar-refractivity contribution is 6.75. The Labute approximate surface area is 116 Å². The van der Waals surface area contributed by atoms with Gasteiger partial charge in [-0.2, -0.15) is 0 Å². The van der Waals surface area contributed by atoms with Crippen LogP contribution in [0.25, 0.3) is 5.57 Å². The van der Waals surface area contributed by atoms with Gasteiger partial charge in [0.2, 0.25) is 0 Å². The molecule has 0 aliphatic carbocycles. The van der Waals surface area contributed by atoms with Gasteiger partial charge in [-0.05, 0) is 36.6 Å². The molecule has 0 saturated carbocycles. The summed E-state index contributed by atoms with van der Waals surface area (Å²) in [4.78, 5) is 0. The first-order valence-corrected chi connectivity index (χ1v) is 9.97. The van der Waals surface area contributed by atoms with E-state index < -0.39 is 8.24 Å². The minimum atomic E-state index is -1.49. The summed E-state index contributed by atoms with van der Waals surface area (Å²) >= 11 is 0. The zero-order valence-corrected chi connectivity index (χ0v) is 12.7. The van der Waals surface area contributed by atoms with Crippen molar-refractivity contribution in [1.82, 2.24) is 0 Å². The van der Waals surface area contributed by atoms with Crippen LogP contribution in [-0.2, 0) is 0 Å². The van der Waals surface area contributed by atoms with Gasteiger partial charge in [0, 0.05) is 5.57 Å². The molecule has 0 fully saturated rings. The van der Waals surface area contributed by atoms with Crippen LogP contribution in [0.15, 0.2) is 65.3 Å². The molecule has 0 aromatic heterocycles. The predicted octanol–water partition coefficient (Wildman–Crippen LogP) is 4.62. The summed E-state index contributed by atoms with van der Waals surface area (Å²) in [6.07, 6.45) is 0. The molecule has 1 nitrogen and oxygen atoms in total. The molecule has 0 amide bonds. The Bertz CT molecular complexity index is 547. The Balaban J connectivity index is 2.56. The molecule has 0 N–H and O–H groups in total. The standard InChI is InChI=1S/C17H19NSi/c1-19(2,3)18-14-17(15-10-6-4-7-11-15)16-12-8-5-9-13-16/h4-13H,1-3H3. The van der Waals surface area contributed by atoms with Gasteiger partial charge in [-0.1, -0.05) is 60.7 Å². The van der Waals surface area contributed by atoms with E-state index in [2.05, 4.69) is 78.7 Å².